The van der Waals surface area contributed by atoms with Gasteiger partial charge in [0, 0.05) is 45.1 Å². The minimum atomic E-state index is -0.0127. The van der Waals surface area contributed by atoms with Crippen LogP contribution in [0.5, 0.6) is 0 Å². The van der Waals surface area contributed by atoms with Gasteiger partial charge in [-0.25, -0.2) is 9.78 Å². The number of aryl methyl sites for hydroxylation is 1. The van der Waals surface area contributed by atoms with Gasteiger partial charge in [-0.3, -0.25) is 0 Å². The summed E-state index contributed by atoms with van der Waals surface area (Å²) < 4.78 is 2.02. The predicted molar refractivity (Wildman–Crippen MR) is 88.4 cm³/mol. The Bertz CT molecular complexity index is 674. The van der Waals surface area contributed by atoms with Gasteiger partial charge in [0.15, 0.2) is 0 Å². The molecule has 0 spiro atoms. The molecule has 0 aromatic carbocycles. The van der Waals surface area contributed by atoms with E-state index in [0.717, 1.165) is 49.3 Å². The highest BCUT2D eigenvalue weighted by Crippen LogP contribution is 2.16. The van der Waals surface area contributed by atoms with Crippen LogP contribution in [0.3, 0.4) is 0 Å². The molecule has 0 saturated carbocycles. The van der Waals surface area contributed by atoms with Crippen molar-refractivity contribution < 1.29 is 9.90 Å². The van der Waals surface area contributed by atoms with Crippen LogP contribution in [0, 0.1) is 12.8 Å². The lowest BCUT2D eigenvalue weighted by atomic mass is 9.98. The number of nitrogens with zero attached hydrogens (tertiary/aromatic N) is 3. The lowest BCUT2D eigenvalue weighted by molar-refractivity contribution is 0.137. The molecule has 23 heavy (non-hydrogen) atoms. The van der Waals surface area contributed by atoms with Gasteiger partial charge in [-0.2, -0.15) is 0 Å². The summed E-state index contributed by atoms with van der Waals surface area (Å²) in [7, 11) is 0. The van der Waals surface area contributed by atoms with Gasteiger partial charge in [0.25, 0.3) is 0 Å². The minimum absolute atomic E-state index is 0.0127. The fourth-order valence-corrected chi connectivity index (χ4v) is 3.05. The van der Waals surface area contributed by atoms with Gasteiger partial charge < -0.3 is 19.7 Å². The molecule has 1 aliphatic rings. The number of hydrogen-bond donors (Lipinski definition) is 2. The molecule has 0 bridgehead atoms. The normalized spacial score (nSPS) is 16.0. The first kappa shape index (κ1) is 15.8. The Morgan fingerprint density at radius 3 is 2.91 bits per heavy atom. The second-order valence-electron chi connectivity index (χ2n) is 6.25. The number of carbonyl (C=O) groups excluding carboxylic acids is 1. The summed E-state index contributed by atoms with van der Waals surface area (Å²) in [6.45, 7) is 4.31. The van der Waals surface area contributed by atoms with E-state index < -0.39 is 0 Å². The molecule has 2 amide bonds. The molecule has 1 fully saturated rings. The largest absolute Gasteiger partial charge is 0.396 e. The van der Waals surface area contributed by atoms with E-state index in [9.17, 15) is 4.79 Å². The van der Waals surface area contributed by atoms with Crippen LogP contribution in [-0.2, 0) is 6.42 Å². The van der Waals surface area contributed by atoms with Crippen molar-refractivity contribution in [3.05, 3.63) is 35.8 Å². The first-order valence-corrected chi connectivity index (χ1v) is 8.24. The SMILES string of the molecule is Cc1cccn2cc(CCNC(=O)N3CCC(CO)CC3)nc12. The summed E-state index contributed by atoms with van der Waals surface area (Å²) in [4.78, 5) is 18.6. The number of carbonyl (C=O) groups is 1. The third kappa shape index (κ3) is 3.64. The van der Waals surface area contributed by atoms with Crippen LogP contribution in [0.4, 0.5) is 4.79 Å². The highest BCUT2D eigenvalue weighted by atomic mass is 16.3. The van der Waals surface area contributed by atoms with Crippen molar-refractivity contribution in [3.63, 3.8) is 0 Å². The first-order chi connectivity index (χ1) is 11.2. The molecule has 6 heteroatoms. The summed E-state index contributed by atoms with van der Waals surface area (Å²) in [5.41, 5.74) is 3.10. The highest BCUT2D eigenvalue weighted by molar-refractivity contribution is 5.74. The second kappa shape index (κ2) is 7.00. The summed E-state index contributed by atoms with van der Waals surface area (Å²) in [6.07, 6.45) is 6.50. The van der Waals surface area contributed by atoms with Crippen LogP contribution < -0.4 is 5.32 Å². The van der Waals surface area contributed by atoms with Crippen molar-refractivity contribution in [2.45, 2.75) is 26.2 Å². The summed E-state index contributed by atoms with van der Waals surface area (Å²) in [5.74, 6) is 0.347. The maximum Gasteiger partial charge on any atom is 0.317 e. The lowest BCUT2D eigenvalue weighted by Crippen LogP contribution is -2.45. The van der Waals surface area contributed by atoms with Crippen molar-refractivity contribution in [2.75, 3.05) is 26.2 Å². The molecule has 6 nitrogen and oxygen atoms in total. The van der Waals surface area contributed by atoms with Crippen molar-refractivity contribution in [2.24, 2.45) is 5.92 Å². The number of rotatable bonds is 4. The molecular formula is C17H24N4O2. The van der Waals surface area contributed by atoms with Gasteiger partial charge in [-0.1, -0.05) is 6.07 Å². The summed E-state index contributed by atoms with van der Waals surface area (Å²) >= 11 is 0. The minimum Gasteiger partial charge on any atom is -0.396 e. The van der Waals surface area contributed by atoms with Gasteiger partial charge in [-0.15, -0.1) is 0 Å². The third-order valence-electron chi connectivity index (χ3n) is 4.55. The molecule has 1 aliphatic heterocycles. The quantitative estimate of drug-likeness (QED) is 0.900. The molecular weight excluding hydrogens is 292 g/mol. The average Bonchev–Trinajstić information content (AvgIpc) is 2.99. The first-order valence-electron chi connectivity index (χ1n) is 8.24. The van der Waals surface area contributed by atoms with Crippen LogP contribution in [-0.4, -0.2) is 51.7 Å². The molecule has 0 unspecified atom stereocenters. The van der Waals surface area contributed by atoms with Gasteiger partial charge in [0.2, 0.25) is 0 Å². The van der Waals surface area contributed by atoms with Crippen LogP contribution in [0.15, 0.2) is 24.5 Å². The zero-order chi connectivity index (χ0) is 16.2. The molecule has 3 rings (SSSR count). The van der Waals surface area contributed by atoms with E-state index in [1.54, 1.807) is 0 Å². The van der Waals surface area contributed by atoms with E-state index >= 15 is 0 Å². The molecule has 2 aromatic rings. The smallest absolute Gasteiger partial charge is 0.317 e. The highest BCUT2D eigenvalue weighted by Gasteiger charge is 2.21. The molecule has 1 saturated heterocycles. The monoisotopic (exact) mass is 316 g/mol. The van der Waals surface area contributed by atoms with Crippen LogP contribution in [0.25, 0.3) is 5.65 Å². The molecule has 0 aliphatic carbocycles. The van der Waals surface area contributed by atoms with Crippen LogP contribution in [0.2, 0.25) is 0 Å². The van der Waals surface area contributed by atoms with Crippen molar-refractivity contribution in [1.29, 1.82) is 0 Å². The summed E-state index contributed by atoms with van der Waals surface area (Å²) in [6, 6.07) is 4.04. The summed E-state index contributed by atoms with van der Waals surface area (Å²) in [5, 5.41) is 12.1. The number of imidazole rings is 1. The van der Waals surface area contributed by atoms with Crippen molar-refractivity contribution in [1.82, 2.24) is 19.6 Å². The van der Waals surface area contributed by atoms with Crippen LogP contribution >= 0.6 is 0 Å². The molecule has 0 radical (unpaired) electrons. The number of amides is 2. The third-order valence-corrected chi connectivity index (χ3v) is 4.55. The number of aromatic nitrogens is 2. The maximum absolute atomic E-state index is 12.1. The second-order valence-corrected chi connectivity index (χ2v) is 6.25. The Labute approximate surface area is 136 Å². The standard InChI is InChI=1S/C17H24N4O2/c1-13-3-2-8-21-11-15(19-16(13)21)4-7-18-17(23)20-9-5-14(12-22)6-10-20/h2-3,8,11,14,22H,4-7,9-10,12H2,1H3,(H,18,23). The van der Waals surface area contributed by atoms with Crippen molar-refractivity contribution >= 4 is 11.7 Å². The van der Waals surface area contributed by atoms with Gasteiger partial charge in [0.1, 0.15) is 5.65 Å². The van der Waals surface area contributed by atoms with E-state index in [1.165, 1.54) is 0 Å². The molecule has 2 aromatic heterocycles. The van der Waals surface area contributed by atoms with E-state index in [-0.39, 0.29) is 12.6 Å². The van der Waals surface area contributed by atoms with Crippen LogP contribution in [0.1, 0.15) is 24.1 Å². The maximum atomic E-state index is 12.1. The topological polar surface area (TPSA) is 69.9 Å². The van der Waals surface area contributed by atoms with Gasteiger partial charge >= 0.3 is 6.03 Å². The number of piperidine rings is 1. The Hall–Kier alpha value is -2.08. The van der Waals surface area contributed by atoms with E-state index in [4.69, 9.17) is 5.11 Å². The number of likely N-dealkylation sites (tertiary alicyclic amines) is 1. The number of hydrogen-bond acceptors (Lipinski definition) is 3. The Morgan fingerprint density at radius 2 is 2.22 bits per heavy atom. The van der Waals surface area contributed by atoms with E-state index in [1.807, 2.05) is 40.8 Å². The van der Waals surface area contributed by atoms with E-state index in [0.29, 0.717) is 12.5 Å². The number of fused-ring (bicyclic) bond motifs is 1. The fourth-order valence-electron chi connectivity index (χ4n) is 3.05. The molecule has 2 N–H and O–H groups in total. The van der Waals surface area contributed by atoms with E-state index in [2.05, 4.69) is 10.3 Å². The Kier molecular flexibility index (Phi) is 4.81. The number of nitrogens with one attached hydrogen (secondary N) is 1. The number of pyridine rings is 1. The average molecular weight is 316 g/mol. The zero-order valence-corrected chi connectivity index (χ0v) is 13.5. The number of aliphatic hydroxyl groups excluding tert-OH is 1. The molecule has 3 heterocycles. The zero-order valence-electron chi connectivity index (χ0n) is 13.5. The van der Waals surface area contributed by atoms with Gasteiger partial charge in [0.05, 0.1) is 5.69 Å². The Morgan fingerprint density at radius 1 is 1.43 bits per heavy atom. The Balaban J connectivity index is 1.49. The predicted octanol–water partition coefficient (Wildman–Crippen LogP) is 1.60. The molecule has 0 atom stereocenters. The fraction of sp³-hybridized carbons (Fsp3) is 0.529. The lowest BCUT2D eigenvalue weighted by Gasteiger charge is -2.31. The van der Waals surface area contributed by atoms with Gasteiger partial charge in [-0.05, 0) is 37.3 Å². The number of urea groups is 1. The molecule has 124 valence electrons. The number of aliphatic hydroxyl groups is 1. The van der Waals surface area contributed by atoms with Crippen molar-refractivity contribution in [3.8, 4) is 0 Å².